The van der Waals surface area contributed by atoms with Crippen LogP contribution >= 0.6 is 17.2 Å². The predicted octanol–water partition coefficient (Wildman–Crippen LogP) is 24.9. The molecule has 2 aliphatic heterocycles. The fourth-order valence-corrected chi connectivity index (χ4v) is 195. The Balaban J connectivity index is 1.07. The third kappa shape index (κ3) is 6.49. The van der Waals surface area contributed by atoms with Crippen LogP contribution in [0.25, 0.3) is 43.1 Å². The van der Waals surface area contributed by atoms with Crippen LogP contribution in [0.3, 0.4) is 0 Å². The molecule has 0 bridgehead atoms. The third-order valence-electron chi connectivity index (χ3n) is 26.7. The van der Waals surface area contributed by atoms with E-state index in [4.69, 9.17) is 0 Å². The molecule has 2 saturated heterocycles. The second-order valence-electron chi connectivity index (χ2n) is 29.0. The monoisotopic (exact) mass is 1470 g/mol. The SMILES string of the molecule is CCC1=CC2=C(C=CC=CC2c2cccc3ccccc23)[C]12[SiH](C)[C]1(C(CC)=CC3=C1C=CC=CC3c1cccc3ccccc13)[Hf]21([Cl])([Cl])[C]2(C(CC)=CC3=C2C=CC=CC3c2cccc3ccccc23)[SiH](C)[C]12C(CC)=CC1=C2C=CC=CC1c1cccc2ccccc12. The summed E-state index contributed by atoms with van der Waals surface area (Å²) < 4.78 is -2.87. The van der Waals surface area contributed by atoms with E-state index >= 15 is 0 Å². The van der Waals surface area contributed by atoms with Gasteiger partial charge in [-0.15, -0.1) is 0 Å². The third-order valence-corrected chi connectivity index (χ3v) is 142. The van der Waals surface area contributed by atoms with Crippen LogP contribution in [0.15, 0.2) is 358 Å². The summed E-state index contributed by atoms with van der Waals surface area (Å²) in [5.41, 5.74) is 22.6. The number of hydrogen-bond acceptors (Lipinski definition) is 0. The second kappa shape index (κ2) is 21.0. The van der Waals surface area contributed by atoms with Crippen LogP contribution in [0, 0.1) is 0 Å². The first-order valence-electron chi connectivity index (χ1n) is 35.3. The molecule has 95 heavy (non-hydrogen) atoms. The molecule has 5 spiro atoms. The van der Waals surface area contributed by atoms with Crippen molar-refractivity contribution in [1.29, 1.82) is 0 Å². The van der Waals surface area contributed by atoms with Crippen molar-refractivity contribution in [2.45, 2.75) is 101 Å². The zero-order valence-corrected chi connectivity index (χ0v) is 62.7. The Morgan fingerprint density at radius 2 is 0.526 bits per heavy atom. The van der Waals surface area contributed by atoms with E-state index in [-0.39, 0.29) is 23.7 Å². The molecule has 2 fully saturated rings. The maximum atomic E-state index is 11.9. The first-order valence-corrected chi connectivity index (χ1v) is 56.0. The molecule has 0 amide bonds. The fraction of sp³-hybridized carbons (Fsp3) is 0.200. The van der Waals surface area contributed by atoms with Crippen LogP contribution in [0.2, 0.25) is 24.3 Å². The molecule has 5 heteroatoms. The van der Waals surface area contributed by atoms with Gasteiger partial charge in [0.15, 0.2) is 0 Å². The Bertz CT molecular complexity index is 4680. The Kier molecular flexibility index (Phi) is 13.3. The molecule has 0 radical (unpaired) electrons. The number of fused-ring (bicyclic) bond motifs is 12. The maximum absolute atomic E-state index is 11.9. The van der Waals surface area contributed by atoms with E-state index in [0.717, 1.165) is 25.7 Å². The molecule has 8 atom stereocenters. The predicted molar refractivity (Wildman–Crippen MR) is 410 cm³/mol. The zero-order chi connectivity index (χ0) is 64.5. The van der Waals surface area contributed by atoms with Gasteiger partial charge in [0.25, 0.3) is 0 Å². The second-order valence-corrected chi connectivity index (χ2v) is 83.3. The van der Waals surface area contributed by atoms with Crippen LogP contribution in [-0.4, -0.2) is 17.6 Å². The first-order chi connectivity index (χ1) is 46.4. The fourth-order valence-electron chi connectivity index (χ4n) is 24.5. The summed E-state index contributed by atoms with van der Waals surface area (Å²) in [5.74, 6) is -0.214. The summed E-state index contributed by atoms with van der Waals surface area (Å²) in [6.45, 7) is 15.6. The van der Waals surface area contributed by atoms with Crippen LogP contribution < -0.4 is 0 Å². The van der Waals surface area contributed by atoms with Gasteiger partial charge in [-0.1, -0.05) is 0 Å². The van der Waals surface area contributed by atoms with Crippen molar-refractivity contribution in [3.8, 4) is 0 Å². The topological polar surface area (TPSA) is 0 Å². The van der Waals surface area contributed by atoms with E-state index in [1.54, 1.807) is 0 Å². The van der Waals surface area contributed by atoms with Crippen molar-refractivity contribution in [3.05, 3.63) is 381 Å². The van der Waals surface area contributed by atoms with Gasteiger partial charge in [-0.25, -0.2) is 0 Å². The van der Waals surface area contributed by atoms with Gasteiger partial charge >= 0.3 is 574 Å². The molecule has 0 saturated carbocycles. The van der Waals surface area contributed by atoms with Gasteiger partial charge in [0.1, 0.15) is 0 Å². The molecule has 18 rings (SSSR count). The summed E-state index contributed by atoms with van der Waals surface area (Å²) in [4.78, 5) is 0. The van der Waals surface area contributed by atoms with E-state index in [0.29, 0.717) is 0 Å². The van der Waals surface area contributed by atoms with Gasteiger partial charge in [-0.3, -0.25) is 0 Å². The van der Waals surface area contributed by atoms with Crippen molar-refractivity contribution in [2.24, 2.45) is 0 Å². The quantitative estimate of drug-likeness (QED) is 0.133. The van der Waals surface area contributed by atoms with Crippen LogP contribution in [0.5, 0.6) is 0 Å². The normalized spacial score (nSPS) is 31.2. The summed E-state index contributed by atoms with van der Waals surface area (Å²) in [7, 11) is 18.5. The first kappa shape index (κ1) is 60.0. The summed E-state index contributed by atoms with van der Waals surface area (Å²) in [6, 6.07) is 64.3. The van der Waals surface area contributed by atoms with Crippen LogP contribution in [0.1, 0.15) is 99.3 Å². The molecule has 0 N–H and O–H groups in total. The molecule has 8 unspecified atom stereocenters. The van der Waals surface area contributed by atoms with E-state index in [1.807, 2.05) is 0 Å². The summed E-state index contributed by atoms with van der Waals surface area (Å²) in [5, 5.41) is 10.2. The van der Waals surface area contributed by atoms with E-state index < -0.39 is 43.4 Å². The zero-order valence-electron chi connectivity index (χ0n) is 55.3. The number of rotatable bonds is 8. The number of benzene rings is 8. The van der Waals surface area contributed by atoms with Gasteiger partial charge in [-0.2, -0.15) is 0 Å². The molecule has 8 aromatic carbocycles. The standard InChI is InChI=1S/2C45H40Si.2ClH.Hf/c2*1-4-30-28-42-38(36-26-14-18-32-16-6-8-20-34(32)36)22-10-12-24-40(42)44(30)46(3)45-31(5-2)29-43-39(23-11-13-25-41(43)45)37-27-15-19-33-17-7-9-21-35(33)37;;;/h2*6-29,38-39,46H,4-5H2,1-3H3;2*1H;/q;;;;+2/p-2. The van der Waals surface area contributed by atoms with Crippen molar-refractivity contribution >= 4 is 77.8 Å². The molecular weight excluding hydrogens is 1390 g/mol. The van der Waals surface area contributed by atoms with Gasteiger partial charge < -0.3 is 0 Å². The molecule has 2 heterocycles. The molecule has 466 valence electrons. The molecule has 10 aliphatic rings. The number of halogens is 2. The summed E-state index contributed by atoms with van der Waals surface area (Å²) in [6.07, 6.45) is 54.2. The van der Waals surface area contributed by atoms with Crippen LogP contribution in [0.4, 0.5) is 0 Å². The van der Waals surface area contributed by atoms with Gasteiger partial charge in [0.2, 0.25) is 0 Å². The number of allylic oxidation sites excluding steroid dienone is 32. The van der Waals surface area contributed by atoms with E-state index in [1.165, 1.54) is 132 Å². The van der Waals surface area contributed by atoms with Gasteiger partial charge in [0.05, 0.1) is 0 Å². The Morgan fingerprint density at radius 3 is 0.758 bits per heavy atom. The molecule has 8 aliphatic carbocycles. The number of hydrogen-bond donors (Lipinski definition) is 0. The Labute approximate surface area is 569 Å². The average molecular weight is 1470 g/mol. The minimum atomic E-state index is -8.05. The Morgan fingerprint density at radius 1 is 0.305 bits per heavy atom. The van der Waals surface area contributed by atoms with Crippen molar-refractivity contribution < 1.29 is 14.7 Å². The van der Waals surface area contributed by atoms with Gasteiger partial charge in [-0.05, 0) is 0 Å². The van der Waals surface area contributed by atoms with Crippen LogP contribution in [-0.2, 0) is 14.7 Å². The molecular formula is C90H80Cl2HfSi2. The van der Waals surface area contributed by atoms with E-state index in [9.17, 15) is 17.2 Å². The molecule has 0 nitrogen and oxygen atoms in total. The molecule has 8 aromatic rings. The van der Waals surface area contributed by atoms with Gasteiger partial charge in [0, 0.05) is 0 Å². The van der Waals surface area contributed by atoms with Crippen molar-refractivity contribution in [2.75, 3.05) is 0 Å². The molecule has 0 aromatic heterocycles. The minimum absolute atomic E-state index is 0.0535. The Hall–Kier alpha value is -7.48. The van der Waals surface area contributed by atoms with Crippen molar-refractivity contribution in [1.82, 2.24) is 0 Å². The average Bonchev–Trinajstić information content (AvgIpc) is 1.52. The van der Waals surface area contributed by atoms with E-state index in [2.05, 4.69) is 332 Å². The summed E-state index contributed by atoms with van der Waals surface area (Å²) >= 11 is -8.05. The van der Waals surface area contributed by atoms with Crippen molar-refractivity contribution in [3.63, 3.8) is 0 Å².